The van der Waals surface area contributed by atoms with Gasteiger partial charge in [-0.1, -0.05) is 11.6 Å². The zero-order valence-corrected chi connectivity index (χ0v) is 12.4. The second kappa shape index (κ2) is 4.39. The number of benzene rings is 1. The van der Waals surface area contributed by atoms with Crippen LogP contribution in [0.5, 0.6) is 0 Å². The number of fused-ring (bicyclic) bond motifs is 3. The van der Waals surface area contributed by atoms with E-state index in [2.05, 4.69) is 35.0 Å². The normalized spacial score (nSPS) is 21.5. The van der Waals surface area contributed by atoms with Crippen LogP contribution < -0.4 is 5.32 Å². The third-order valence-electron chi connectivity index (χ3n) is 4.34. The molecule has 0 fully saturated rings. The third-order valence-corrected chi connectivity index (χ3v) is 4.34. The summed E-state index contributed by atoms with van der Waals surface area (Å²) >= 11 is 0. The first-order valence-corrected chi connectivity index (χ1v) is 6.69. The average Bonchev–Trinajstić information content (AvgIpc) is 2.67. The highest BCUT2D eigenvalue weighted by molar-refractivity contribution is 8.93. The van der Waals surface area contributed by atoms with Crippen LogP contribution >= 0.6 is 17.0 Å². The van der Waals surface area contributed by atoms with Crippen molar-refractivity contribution in [3.63, 3.8) is 0 Å². The maximum atomic E-state index is 3.67. The Morgan fingerprint density at radius 3 is 3.11 bits per heavy atom. The first-order chi connectivity index (χ1) is 8.34. The van der Waals surface area contributed by atoms with Crippen molar-refractivity contribution in [2.75, 3.05) is 6.54 Å². The molecule has 3 heteroatoms. The summed E-state index contributed by atoms with van der Waals surface area (Å²) < 4.78 is 2.56. The fourth-order valence-corrected chi connectivity index (χ4v) is 3.63. The van der Waals surface area contributed by atoms with Crippen molar-refractivity contribution < 1.29 is 0 Å². The summed E-state index contributed by atoms with van der Waals surface area (Å²) in [6.07, 6.45) is 3.90. The summed E-state index contributed by atoms with van der Waals surface area (Å²) in [4.78, 5) is 0. The molecular weight excluding hydrogens is 288 g/mol. The molecule has 1 atom stereocenters. The molecule has 0 saturated heterocycles. The maximum absolute atomic E-state index is 3.67. The second-order valence-corrected chi connectivity index (χ2v) is 5.43. The fourth-order valence-electron chi connectivity index (χ4n) is 3.63. The molecule has 1 aromatic carbocycles. The van der Waals surface area contributed by atoms with Crippen molar-refractivity contribution in [2.24, 2.45) is 0 Å². The zero-order valence-electron chi connectivity index (χ0n) is 10.7. The highest BCUT2D eigenvalue weighted by Crippen LogP contribution is 2.38. The molecule has 0 unspecified atom stereocenters. The van der Waals surface area contributed by atoms with Gasteiger partial charge in [0.05, 0.1) is 0 Å². The van der Waals surface area contributed by atoms with Crippen LogP contribution in [0.25, 0.3) is 10.9 Å². The second-order valence-electron chi connectivity index (χ2n) is 5.43. The van der Waals surface area contributed by atoms with Crippen LogP contribution in [-0.4, -0.2) is 11.1 Å². The summed E-state index contributed by atoms with van der Waals surface area (Å²) in [6.45, 7) is 4.45. The van der Waals surface area contributed by atoms with Crippen molar-refractivity contribution in [3.05, 3.63) is 35.0 Å². The fraction of sp³-hybridized carbons (Fsp3) is 0.467. The van der Waals surface area contributed by atoms with Gasteiger partial charge in [-0.05, 0) is 43.9 Å². The summed E-state index contributed by atoms with van der Waals surface area (Å²) in [5.74, 6) is 0. The van der Waals surface area contributed by atoms with Gasteiger partial charge in [-0.2, -0.15) is 0 Å². The smallest absolute Gasteiger partial charge is 0.0486 e. The first-order valence-electron chi connectivity index (χ1n) is 6.69. The van der Waals surface area contributed by atoms with Gasteiger partial charge in [0.1, 0.15) is 0 Å². The van der Waals surface area contributed by atoms with Crippen LogP contribution in [0.15, 0.2) is 18.2 Å². The van der Waals surface area contributed by atoms with Crippen molar-refractivity contribution in [1.82, 2.24) is 9.88 Å². The van der Waals surface area contributed by atoms with Crippen LogP contribution in [0, 0.1) is 6.92 Å². The molecule has 1 aromatic heterocycles. The van der Waals surface area contributed by atoms with Crippen molar-refractivity contribution in [3.8, 4) is 0 Å². The quantitative estimate of drug-likeness (QED) is 0.788. The molecule has 18 heavy (non-hydrogen) atoms. The Hall–Kier alpha value is -0.800. The molecular formula is C15H19BrN2. The number of nitrogens with one attached hydrogen (secondary N) is 1. The van der Waals surface area contributed by atoms with Crippen molar-refractivity contribution >= 4 is 27.9 Å². The van der Waals surface area contributed by atoms with E-state index in [1.165, 1.54) is 35.7 Å². The Kier molecular flexibility index (Phi) is 2.99. The topological polar surface area (TPSA) is 17.0 Å². The minimum absolute atomic E-state index is 0. The Morgan fingerprint density at radius 1 is 1.33 bits per heavy atom. The number of nitrogens with zero attached hydrogens (tertiary/aromatic N) is 1. The highest BCUT2D eigenvalue weighted by atomic mass is 79.9. The molecule has 1 N–H and O–H groups in total. The van der Waals surface area contributed by atoms with E-state index in [-0.39, 0.29) is 17.0 Å². The average molecular weight is 307 g/mol. The van der Waals surface area contributed by atoms with Gasteiger partial charge in [0.25, 0.3) is 0 Å². The van der Waals surface area contributed by atoms with Gasteiger partial charge in [-0.15, -0.1) is 17.0 Å². The molecule has 2 nitrogen and oxygen atoms in total. The molecule has 4 rings (SSSR count). The Balaban J connectivity index is 0.000001000. The summed E-state index contributed by atoms with van der Waals surface area (Å²) in [5.41, 5.74) is 6.04. The minimum Gasteiger partial charge on any atom is -0.342 e. The Morgan fingerprint density at radius 2 is 2.22 bits per heavy atom. The lowest BCUT2D eigenvalue weighted by Gasteiger charge is -2.31. The van der Waals surface area contributed by atoms with Crippen LogP contribution in [0.4, 0.5) is 0 Å². The molecule has 1 aliphatic carbocycles. The van der Waals surface area contributed by atoms with E-state index in [0.717, 1.165) is 13.1 Å². The monoisotopic (exact) mass is 306 g/mol. The van der Waals surface area contributed by atoms with E-state index >= 15 is 0 Å². The lowest BCUT2D eigenvalue weighted by atomic mass is 9.90. The van der Waals surface area contributed by atoms with E-state index in [9.17, 15) is 0 Å². The number of hydrogen-bond acceptors (Lipinski definition) is 1. The number of hydrogen-bond donors (Lipinski definition) is 1. The summed E-state index contributed by atoms with van der Waals surface area (Å²) in [6, 6.07) is 7.54. The molecule has 2 heterocycles. The van der Waals surface area contributed by atoms with Gasteiger partial charge in [0.15, 0.2) is 0 Å². The highest BCUT2D eigenvalue weighted by Gasteiger charge is 2.29. The van der Waals surface area contributed by atoms with Gasteiger partial charge in [-0.25, -0.2) is 0 Å². The van der Waals surface area contributed by atoms with Crippen LogP contribution in [0.1, 0.15) is 35.7 Å². The van der Waals surface area contributed by atoms with Crippen LogP contribution in [-0.2, 0) is 13.0 Å². The van der Waals surface area contributed by atoms with Gasteiger partial charge in [-0.3, -0.25) is 0 Å². The third kappa shape index (κ3) is 1.57. The lowest BCUT2D eigenvalue weighted by molar-refractivity contribution is 0.384. The van der Waals surface area contributed by atoms with E-state index < -0.39 is 0 Å². The summed E-state index contributed by atoms with van der Waals surface area (Å²) in [5, 5.41) is 5.18. The minimum atomic E-state index is 0. The molecule has 2 aromatic rings. The SMILES string of the molecule is Br.Cc1ccc2c(c1)c1c3n2CCN[C@@H]3CCC1. The number of aromatic nitrogens is 1. The molecule has 0 amide bonds. The molecule has 0 radical (unpaired) electrons. The maximum Gasteiger partial charge on any atom is 0.0486 e. The van der Waals surface area contributed by atoms with Crippen LogP contribution in [0.2, 0.25) is 0 Å². The van der Waals surface area contributed by atoms with Gasteiger partial charge >= 0.3 is 0 Å². The lowest BCUT2D eigenvalue weighted by Crippen LogP contribution is -2.35. The standard InChI is InChI=1S/C15H18N2.BrH/c1-10-5-6-14-12(9-10)11-3-2-4-13-15(11)17(14)8-7-16-13;/h5-6,9,13,16H,2-4,7-8H2,1H3;1H/t13-;/m1./s1. The predicted molar refractivity (Wildman–Crippen MR) is 80.7 cm³/mol. The van der Waals surface area contributed by atoms with E-state index in [1.54, 1.807) is 11.3 Å². The van der Waals surface area contributed by atoms with E-state index in [4.69, 9.17) is 0 Å². The molecule has 96 valence electrons. The van der Waals surface area contributed by atoms with E-state index in [0.29, 0.717) is 6.04 Å². The predicted octanol–water partition coefficient (Wildman–Crippen LogP) is 3.51. The van der Waals surface area contributed by atoms with Gasteiger partial charge in [0.2, 0.25) is 0 Å². The first kappa shape index (κ1) is 12.2. The van der Waals surface area contributed by atoms with Gasteiger partial charge in [0, 0.05) is 35.7 Å². The zero-order chi connectivity index (χ0) is 11.4. The molecule has 1 aliphatic heterocycles. The largest absolute Gasteiger partial charge is 0.342 e. The molecule has 0 saturated carbocycles. The summed E-state index contributed by atoms with van der Waals surface area (Å²) in [7, 11) is 0. The molecule has 2 aliphatic rings. The van der Waals surface area contributed by atoms with Crippen molar-refractivity contribution in [2.45, 2.75) is 38.8 Å². The molecule has 0 bridgehead atoms. The Bertz CT molecular complexity index is 598. The number of halogens is 1. The number of aryl methyl sites for hydroxylation is 2. The van der Waals surface area contributed by atoms with Crippen molar-refractivity contribution in [1.29, 1.82) is 0 Å². The van der Waals surface area contributed by atoms with Gasteiger partial charge < -0.3 is 9.88 Å². The number of rotatable bonds is 0. The Labute approximate surface area is 118 Å². The van der Waals surface area contributed by atoms with Crippen LogP contribution in [0.3, 0.4) is 0 Å². The molecule has 0 spiro atoms. The van der Waals surface area contributed by atoms with E-state index in [1.807, 2.05) is 0 Å².